The molecule has 4 nitrogen and oxygen atoms in total. The van der Waals surface area contributed by atoms with Gasteiger partial charge in [-0.1, -0.05) is 32.1 Å². The molecule has 0 aliphatic heterocycles. The van der Waals surface area contributed by atoms with Gasteiger partial charge in [0.2, 0.25) is 0 Å². The molecule has 0 rings (SSSR count). The summed E-state index contributed by atoms with van der Waals surface area (Å²) in [4.78, 5) is 4.02. The first-order valence-electron chi connectivity index (χ1n) is 7.89. The van der Waals surface area contributed by atoms with Crippen LogP contribution in [0.2, 0.25) is 0 Å². The largest absolute Gasteiger partial charge is 0.364 e. The van der Waals surface area contributed by atoms with Crippen molar-refractivity contribution >= 4 is 0 Å². The van der Waals surface area contributed by atoms with Gasteiger partial charge in [-0.2, -0.15) is 10.5 Å². The van der Waals surface area contributed by atoms with Gasteiger partial charge in [0.1, 0.15) is 5.82 Å². The molecule has 0 aliphatic carbocycles. The quantitative estimate of drug-likeness (QED) is 0.428. The van der Waals surface area contributed by atoms with Crippen LogP contribution in [0.3, 0.4) is 0 Å². The molecule has 118 valence electrons. The van der Waals surface area contributed by atoms with Gasteiger partial charge in [-0.15, -0.1) is 0 Å². The second-order valence-electron chi connectivity index (χ2n) is 5.84. The lowest BCUT2D eigenvalue weighted by atomic mass is 10.0. The molecule has 0 saturated heterocycles. The molecule has 0 aliphatic rings. The van der Waals surface area contributed by atoms with Crippen molar-refractivity contribution in [2.75, 3.05) is 28.2 Å². The highest BCUT2D eigenvalue weighted by Crippen LogP contribution is 2.17. The van der Waals surface area contributed by atoms with Crippen LogP contribution in [-0.4, -0.2) is 38.0 Å². The normalized spacial score (nSPS) is 9.62. The van der Waals surface area contributed by atoms with Crippen molar-refractivity contribution in [1.29, 1.82) is 10.5 Å². The number of unbranched alkanes of at least 4 members (excludes halogenated alkanes) is 7. The van der Waals surface area contributed by atoms with Gasteiger partial charge in [-0.25, -0.2) is 0 Å². The number of nitriles is 2. The smallest absolute Gasteiger partial charge is 0.117 e. The van der Waals surface area contributed by atoms with Crippen LogP contribution >= 0.6 is 0 Å². The zero-order valence-corrected chi connectivity index (χ0v) is 14.2. The molecule has 0 radical (unpaired) electrons. The monoisotopic (exact) mass is 290 g/mol. The molecule has 0 amide bonds. The van der Waals surface area contributed by atoms with Gasteiger partial charge in [0.15, 0.2) is 0 Å². The predicted molar refractivity (Wildman–Crippen MR) is 87.2 cm³/mol. The fraction of sp³-hybridized carbons (Fsp3) is 0.765. The highest BCUT2D eigenvalue weighted by atomic mass is 15.3. The topological polar surface area (TPSA) is 54.1 Å². The predicted octanol–water partition coefficient (Wildman–Crippen LogP) is 3.88. The van der Waals surface area contributed by atoms with Crippen molar-refractivity contribution in [1.82, 2.24) is 9.80 Å². The molecule has 0 atom stereocenters. The third-order valence-corrected chi connectivity index (χ3v) is 3.47. The number of allylic oxidation sites excluding steroid dienone is 1. The molecule has 0 heterocycles. The highest BCUT2D eigenvalue weighted by molar-refractivity contribution is 5.25. The Kier molecular flexibility index (Phi) is 11.1. The highest BCUT2D eigenvalue weighted by Gasteiger charge is 2.10. The molecule has 0 fully saturated rings. The second-order valence-corrected chi connectivity index (χ2v) is 5.84. The van der Waals surface area contributed by atoms with E-state index >= 15 is 0 Å². The number of hydrogen-bond acceptors (Lipinski definition) is 4. The maximum absolute atomic E-state index is 9.33. The molecule has 0 N–H and O–H groups in total. The van der Waals surface area contributed by atoms with Crippen LogP contribution in [0.25, 0.3) is 0 Å². The summed E-state index contributed by atoms with van der Waals surface area (Å²) in [5.74, 6) is 1.01. The van der Waals surface area contributed by atoms with Crippen molar-refractivity contribution in [2.24, 2.45) is 0 Å². The maximum atomic E-state index is 9.33. The molecule has 4 heteroatoms. The second kappa shape index (κ2) is 12.1. The van der Waals surface area contributed by atoms with E-state index in [0.29, 0.717) is 6.42 Å². The Morgan fingerprint density at radius 3 is 1.67 bits per heavy atom. The lowest BCUT2D eigenvalue weighted by Crippen LogP contribution is -2.26. The van der Waals surface area contributed by atoms with Crippen LogP contribution in [0.5, 0.6) is 0 Å². The van der Waals surface area contributed by atoms with Gasteiger partial charge in [0, 0.05) is 34.6 Å². The van der Waals surface area contributed by atoms with Gasteiger partial charge < -0.3 is 9.80 Å². The van der Waals surface area contributed by atoms with E-state index < -0.39 is 0 Å². The fourth-order valence-corrected chi connectivity index (χ4v) is 2.55. The minimum atomic E-state index is 0.689. The first-order chi connectivity index (χ1) is 10.0. The molecule has 0 aromatic carbocycles. The molecule has 0 aromatic rings. The summed E-state index contributed by atoms with van der Waals surface area (Å²) in [6, 6.07) is 4.54. The Morgan fingerprint density at radius 2 is 1.24 bits per heavy atom. The fourth-order valence-electron chi connectivity index (χ4n) is 2.55. The number of rotatable bonds is 11. The molecule has 0 unspecified atom stereocenters. The van der Waals surface area contributed by atoms with E-state index in [0.717, 1.165) is 30.7 Å². The molecule has 0 spiro atoms. The SMILES string of the molecule is CN(C)C(=C(C#N)CCCCCCCCCC#N)N(C)C. The van der Waals surface area contributed by atoms with Crippen LogP contribution in [0.4, 0.5) is 0 Å². The van der Waals surface area contributed by atoms with E-state index in [-0.39, 0.29) is 0 Å². The van der Waals surface area contributed by atoms with E-state index in [9.17, 15) is 5.26 Å². The number of hydrogen-bond donors (Lipinski definition) is 0. The zero-order chi connectivity index (χ0) is 16.1. The van der Waals surface area contributed by atoms with E-state index in [4.69, 9.17) is 5.26 Å². The maximum Gasteiger partial charge on any atom is 0.117 e. The molecule has 21 heavy (non-hydrogen) atoms. The van der Waals surface area contributed by atoms with E-state index in [1.54, 1.807) is 0 Å². The van der Waals surface area contributed by atoms with Gasteiger partial charge >= 0.3 is 0 Å². The lowest BCUT2D eigenvalue weighted by Gasteiger charge is -2.26. The van der Waals surface area contributed by atoms with E-state index in [1.807, 2.05) is 38.0 Å². The Hall–Kier alpha value is -1.68. The zero-order valence-electron chi connectivity index (χ0n) is 14.2. The molecule has 0 aromatic heterocycles. The third-order valence-electron chi connectivity index (χ3n) is 3.47. The van der Waals surface area contributed by atoms with Crippen LogP contribution in [-0.2, 0) is 0 Å². The van der Waals surface area contributed by atoms with Gasteiger partial charge in [-0.05, 0) is 19.3 Å². The molecule has 0 saturated carbocycles. The summed E-state index contributed by atoms with van der Waals surface area (Å²) in [6.07, 6.45) is 9.70. The summed E-state index contributed by atoms with van der Waals surface area (Å²) >= 11 is 0. The molecule has 0 bridgehead atoms. The van der Waals surface area contributed by atoms with Crippen LogP contribution < -0.4 is 0 Å². The average molecular weight is 290 g/mol. The summed E-state index contributed by atoms with van der Waals surface area (Å²) in [6.45, 7) is 0. The van der Waals surface area contributed by atoms with E-state index in [1.165, 1.54) is 32.1 Å². The van der Waals surface area contributed by atoms with Gasteiger partial charge in [-0.3, -0.25) is 0 Å². The molecular weight excluding hydrogens is 260 g/mol. The average Bonchev–Trinajstić information content (AvgIpc) is 2.43. The Bertz CT molecular complexity index is 373. The van der Waals surface area contributed by atoms with Crippen LogP contribution in [0.1, 0.15) is 57.8 Å². The third kappa shape index (κ3) is 8.97. The van der Waals surface area contributed by atoms with Crippen LogP contribution in [0, 0.1) is 22.7 Å². The summed E-state index contributed by atoms with van der Waals surface area (Å²) in [5, 5.41) is 17.8. The standard InChI is InChI=1S/C17H30N4/c1-20(2)17(21(3)4)16(15-19)13-11-9-7-5-6-8-10-12-14-18/h5-13H2,1-4H3. The van der Waals surface area contributed by atoms with Gasteiger partial charge in [0.05, 0.1) is 17.7 Å². The Labute approximate surface area is 130 Å². The van der Waals surface area contributed by atoms with Crippen molar-refractivity contribution in [3.8, 4) is 12.1 Å². The number of nitrogens with zero attached hydrogens (tertiary/aromatic N) is 4. The minimum absolute atomic E-state index is 0.689. The Balaban J connectivity index is 3.96. The van der Waals surface area contributed by atoms with Crippen molar-refractivity contribution < 1.29 is 0 Å². The lowest BCUT2D eigenvalue weighted by molar-refractivity contribution is 0.336. The Morgan fingerprint density at radius 1 is 0.762 bits per heavy atom. The van der Waals surface area contributed by atoms with E-state index in [2.05, 4.69) is 12.1 Å². The van der Waals surface area contributed by atoms with Crippen molar-refractivity contribution in [3.63, 3.8) is 0 Å². The van der Waals surface area contributed by atoms with Crippen molar-refractivity contribution in [2.45, 2.75) is 57.8 Å². The summed E-state index contributed by atoms with van der Waals surface area (Å²) < 4.78 is 0. The van der Waals surface area contributed by atoms with Crippen LogP contribution in [0.15, 0.2) is 11.4 Å². The first kappa shape index (κ1) is 19.3. The summed E-state index contributed by atoms with van der Waals surface area (Å²) in [7, 11) is 7.92. The van der Waals surface area contributed by atoms with Gasteiger partial charge in [0.25, 0.3) is 0 Å². The summed E-state index contributed by atoms with van der Waals surface area (Å²) in [5.41, 5.74) is 0.874. The molecular formula is C17H30N4. The van der Waals surface area contributed by atoms with Crippen molar-refractivity contribution in [3.05, 3.63) is 11.4 Å². The minimum Gasteiger partial charge on any atom is -0.364 e. The first-order valence-corrected chi connectivity index (χ1v) is 7.89.